The summed E-state index contributed by atoms with van der Waals surface area (Å²) in [6.45, 7) is 11.7. The second-order valence-corrected chi connectivity index (χ2v) is 11.7. The first-order valence-electron chi connectivity index (χ1n) is 12.8. The second-order valence-electron chi connectivity index (χ2n) is 11.7. The molecule has 2 aromatic carbocycles. The van der Waals surface area contributed by atoms with Crippen LogP contribution in [0.25, 0.3) is 11.1 Å². The third-order valence-electron chi connectivity index (χ3n) is 7.99. The number of carbonyl (C=O) groups is 1. The van der Waals surface area contributed by atoms with Crippen molar-refractivity contribution >= 4 is 6.09 Å². The van der Waals surface area contributed by atoms with Crippen LogP contribution in [0.3, 0.4) is 0 Å². The molecule has 2 bridgehead atoms. The van der Waals surface area contributed by atoms with Crippen LogP contribution in [0.4, 0.5) is 9.18 Å². The van der Waals surface area contributed by atoms with Crippen LogP contribution in [0.1, 0.15) is 63.3 Å². The Balaban J connectivity index is 1.33. The Morgan fingerprint density at radius 3 is 2.50 bits per heavy atom. The van der Waals surface area contributed by atoms with Gasteiger partial charge < -0.3 is 10.1 Å². The number of hydrogen-bond acceptors (Lipinski definition) is 3. The van der Waals surface area contributed by atoms with Gasteiger partial charge in [0.05, 0.1) is 6.04 Å². The summed E-state index contributed by atoms with van der Waals surface area (Å²) < 4.78 is 21.2. The van der Waals surface area contributed by atoms with Crippen molar-refractivity contribution in [3.8, 4) is 11.1 Å². The number of piperidine rings is 3. The normalized spacial score (nSPS) is 27.0. The number of alkyl carbamates (subject to hydrolysis) is 1. The molecule has 0 saturated carbocycles. The van der Waals surface area contributed by atoms with E-state index in [1.807, 2.05) is 18.2 Å². The topological polar surface area (TPSA) is 41.6 Å². The maximum Gasteiger partial charge on any atom is 0.407 e. The first-order chi connectivity index (χ1) is 16.2. The Bertz CT molecular complexity index is 1050. The highest BCUT2D eigenvalue weighted by Crippen LogP contribution is 2.47. The maximum absolute atomic E-state index is 15.3. The molecule has 3 aliphatic heterocycles. The van der Waals surface area contributed by atoms with E-state index in [1.54, 1.807) is 6.07 Å². The molecule has 3 fully saturated rings. The maximum atomic E-state index is 15.3. The van der Waals surface area contributed by atoms with Crippen LogP contribution in [0.2, 0.25) is 0 Å². The zero-order chi connectivity index (χ0) is 24.0. The van der Waals surface area contributed by atoms with Crippen LogP contribution in [-0.2, 0) is 17.6 Å². The molecule has 1 amide bonds. The van der Waals surface area contributed by atoms with E-state index in [4.69, 9.17) is 4.74 Å². The molecule has 1 unspecified atom stereocenters. The fourth-order valence-electron chi connectivity index (χ4n) is 6.19. The van der Waals surface area contributed by atoms with Gasteiger partial charge >= 0.3 is 6.09 Å². The highest BCUT2D eigenvalue weighted by Gasteiger charge is 2.42. The van der Waals surface area contributed by atoms with Crippen LogP contribution in [0.5, 0.6) is 0 Å². The van der Waals surface area contributed by atoms with Crippen molar-refractivity contribution in [1.82, 2.24) is 10.2 Å². The number of benzene rings is 2. The number of rotatable bonds is 5. The van der Waals surface area contributed by atoms with Gasteiger partial charge in [0.25, 0.3) is 0 Å². The average Bonchev–Trinajstić information content (AvgIpc) is 3.03. The SMILES string of the molecule is CC(C)Cc1ccc(-c2cc3c(cc2F)C(NC(=O)O[C@@H]2CN4CCC2CC4)C(C)(C)C3)cc1. The van der Waals surface area contributed by atoms with Crippen molar-refractivity contribution < 1.29 is 13.9 Å². The molecule has 4 nitrogen and oxygen atoms in total. The molecule has 182 valence electrons. The van der Waals surface area contributed by atoms with E-state index in [0.717, 1.165) is 62.0 Å². The number of nitrogens with zero attached hydrogens (tertiary/aromatic N) is 1. The van der Waals surface area contributed by atoms with Gasteiger partial charge in [0.1, 0.15) is 11.9 Å². The van der Waals surface area contributed by atoms with Crippen molar-refractivity contribution in [2.45, 2.75) is 65.5 Å². The van der Waals surface area contributed by atoms with Gasteiger partial charge in [0.15, 0.2) is 0 Å². The summed E-state index contributed by atoms with van der Waals surface area (Å²) in [6.07, 6.45) is 3.58. The third kappa shape index (κ3) is 4.59. The molecule has 0 spiro atoms. The molecule has 1 N–H and O–H groups in total. The summed E-state index contributed by atoms with van der Waals surface area (Å²) in [5.41, 5.74) is 4.54. The van der Waals surface area contributed by atoms with Crippen LogP contribution in [0.15, 0.2) is 36.4 Å². The molecule has 2 aromatic rings. The lowest BCUT2D eigenvalue weighted by atomic mass is 9.85. The van der Waals surface area contributed by atoms with Crippen LogP contribution in [-0.4, -0.2) is 36.7 Å². The van der Waals surface area contributed by atoms with E-state index in [9.17, 15) is 4.79 Å². The summed E-state index contributed by atoms with van der Waals surface area (Å²) in [4.78, 5) is 15.3. The molecule has 4 aliphatic rings. The minimum Gasteiger partial charge on any atom is -0.445 e. The van der Waals surface area contributed by atoms with Crippen molar-refractivity contribution in [2.75, 3.05) is 19.6 Å². The monoisotopic (exact) mass is 464 g/mol. The molecule has 1 aliphatic carbocycles. The lowest BCUT2D eigenvalue weighted by Gasteiger charge is -2.44. The van der Waals surface area contributed by atoms with Gasteiger partial charge in [0.2, 0.25) is 0 Å². The Morgan fingerprint density at radius 2 is 1.88 bits per heavy atom. The second kappa shape index (κ2) is 8.99. The van der Waals surface area contributed by atoms with Gasteiger partial charge in [-0.15, -0.1) is 0 Å². The molecule has 3 saturated heterocycles. The molecule has 2 atom stereocenters. The summed E-state index contributed by atoms with van der Waals surface area (Å²) in [5.74, 6) is 0.809. The fourth-order valence-corrected chi connectivity index (χ4v) is 6.19. The van der Waals surface area contributed by atoms with E-state index in [0.29, 0.717) is 17.4 Å². The molecular weight excluding hydrogens is 427 g/mol. The Morgan fingerprint density at radius 1 is 1.18 bits per heavy atom. The van der Waals surface area contributed by atoms with Crippen molar-refractivity contribution in [1.29, 1.82) is 0 Å². The number of ether oxygens (including phenoxy) is 1. The number of halogens is 1. The Hall–Kier alpha value is -2.40. The molecule has 0 aromatic heterocycles. The van der Waals surface area contributed by atoms with E-state index < -0.39 is 0 Å². The smallest absolute Gasteiger partial charge is 0.407 e. The summed E-state index contributed by atoms with van der Waals surface area (Å²) >= 11 is 0. The number of nitrogens with one attached hydrogen (secondary N) is 1. The van der Waals surface area contributed by atoms with Crippen LogP contribution < -0.4 is 5.32 Å². The molecule has 5 heteroatoms. The Kier molecular flexibility index (Phi) is 6.18. The average molecular weight is 465 g/mol. The van der Waals surface area contributed by atoms with Crippen molar-refractivity contribution in [2.24, 2.45) is 17.3 Å². The van der Waals surface area contributed by atoms with Crippen molar-refractivity contribution in [3.05, 3.63) is 58.9 Å². The zero-order valence-electron chi connectivity index (χ0n) is 20.9. The quantitative estimate of drug-likeness (QED) is 0.578. The summed E-state index contributed by atoms with van der Waals surface area (Å²) in [7, 11) is 0. The van der Waals surface area contributed by atoms with Crippen LogP contribution >= 0.6 is 0 Å². The number of hydrogen-bond donors (Lipinski definition) is 1. The fraction of sp³-hybridized carbons (Fsp3) is 0.552. The molecule has 6 rings (SSSR count). The number of carbonyl (C=O) groups excluding carboxylic acids is 1. The van der Waals surface area contributed by atoms with Gasteiger partial charge in [-0.05, 0) is 90.4 Å². The van der Waals surface area contributed by atoms with Gasteiger partial charge in [-0.2, -0.15) is 0 Å². The molecular formula is C29H37FN2O2. The first kappa shape index (κ1) is 23.3. The van der Waals surface area contributed by atoms with Crippen LogP contribution in [0, 0.1) is 23.1 Å². The predicted octanol–water partition coefficient (Wildman–Crippen LogP) is 6.14. The van der Waals surface area contributed by atoms with E-state index >= 15 is 4.39 Å². The van der Waals surface area contributed by atoms with E-state index in [2.05, 4.69) is 50.0 Å². The highest BCUT2D eigenvalue weighted by molar-refractivity contribution is 5.70. The van der Waals surface area contributed by atoms with E-state index in [1.165, 1.54) is 5.56 Å². The first-order valence-corrected chi connectivity index (χ1v) is 12.8. The predicted molar refractivity (Wildman–Crippen MR) is 133 cm³/mol. The molecule has 34 heavy (non-hydrogen) atoms. The van der Waals surface area contributed by atoms with Gasteiger partial charge in [-0.3, -0.25) is 4.90 Å². The lowest BCUT2D eigenvalue weighted by Crippen LogP contribution is -2.53. The Labute approximate surface area is 202 Å². The summed E-state index contributed by atoms with van der Waals surface area (Å²) in [6, 6.07) is 11.6. The van der Waals surface area contributed by atoms with Gasteiger partial charge in [-0.25, -0.2) is 9.18 Å². The number of amides is 1. The molecule has 0 radical (unpaired) electrons. The van der Waals surface area contributed by atoms with E-state index in [-0.39, 0.29) is 29.5 Å². The largest absolute Gasteiger partial charge is 0.445 e. The van der Waals surface area contributed by atoms with Crippen molar-refractivity contribution in [3.63, 3.8) is 0 Å². The minimum atomic E-state index is -0.380. The lowest BCUT2D eigenvalue weighted by molar-refractivity contribution is -0.0349. The van der Waals surface area contributed by atoms with Gasteiger partial charge in [0, 0.05) is 12.1 Å². The molecule has 3 heterocycles. The minimum absolute atomic E-state index is 0.0377. The highest BCUT2D eigenvalue weighted by atomic mass is 19.1. The standard InChI is InChI=1S/C29H37FN2O2/c1-18(2)13-19-5-7-20(8-6-19)23-14-22-16-29(3,4)27(24(22)15-25(23)30)31-28(33)34-26-17-32-11-9-21(26)10-12-32/h5-8,14-15,18,21,26-27H,9-13,16-17H2,1-4H3,(H,31,33)/t26-,27?/m1/s1. The third-order valence-corrected chi connectivity index (χ3v) is 7.99. The number of fused-ring (bicyclic) bond motifs is 4. The zero-order valence-corrected chi connectivity index (χ0v) is 20.9. The summed E-state index contributed by atoms with van der Waals surface area (Å²) in [5, 5.41) is 3.10. The van der Waals surface area contributed by atoms with Gasteiger partial charge in [-0.1, -0.05) is 52.0 Å².